The van der Waals surface area contributed by atoms with Gasteiger partial charge in [0.2, 0.25) is 11.8 Å². The Morgan fingerprint density at radius 1 is 1.09 bits per heavy atom. The highest BCUT2D eigenvalue weighted by Gasteiger charge is 2.57. The summed E-state index contributed by atoms with van der Waals surface area (Å²) in [5.41, 5.74) is 1.64. The zero-order valence-corrected chi connectivity index (χ0v) is 19.1. The molecule has 1 aromatic carbocycles. The fraction of sp³-hybridized carbons (Fsp3) is 0.417. The number of hydrogen-bond donors (Lipinski definition) is 1. The van der Waals surface area contributed by atoms with E-state index in [4.69, 9.17) is 9.47 Å². The predicted molar refractivity (Wildman–Crippen MR) is 121 cm³/mol. The van der Waals surface area contributed by atoms with E-state index >= 15 is 0 Å². The average molecular weight is 449 g/mol. The van der Waals surface area contributed by atoms with E-state index in [1.165, 1.54) is 19.8 Å². The van der Waals surface area contributed by atoms with E-state index in [2.05, 4.69) is 49.3 Å². The van der Waals surface area contributed by atoms with E-state index in [1.54, 1.807) is 12.1 Å². The van der Waals surface area contributed by atoms with Crippen LogP contribution in [-0.4, -0.2) is 76.3 Å². The number of carbonyl (C=O) groups is 1. The van der Waals surface area contributed by atoms with Gasteiger partial charge in [-0.1, -0.05) is 30.3 Å². The lowest BCUT2D eigenvalue weighted by Crippen LogP contribution is -2.61. The lowest BCUT2D eigenvalue weighted by molar-refractivity contribution is 0.00153. The van der Waals surface area contributed by atoms with Crippen LogP contribution in [0.1, 0.15) is 33.5 Å². The van der Waals surface area contributed by atoms with Crippen molar-refractivity contribution in [3.8, 4) is 11.8 Å². The molecule has 0 saturated carbocycles. The minimum Gasteiger partial charge on any atom is -0.481 e. The fourth-order valence-electron chi connectivity index (χ4n) is 5.11. The van der Waals surface area contributed by atoms with Crippen LogP contribution in [0.4, 0.5) is 0 Å². The predicted octanol–water partition coefficient (Wildman–Crippen LogP) is 2.27. The molecule has 0 bridgehead atoms. The third-order valence-corrected chi connectivity index (χ3v) is 6.66. The Bertz CT molecular complexity index is 1140. The number of aromatic amines is 1. The van der Waals surface area contributed by atoms with Crippen molar-refractivity contribution in [3.63, 3.8) is 0 Å². The van der Waals surface area contributed by atoms with Crippen LogP contribution in [0.25, 0.3) is 0 Å². The number of nitrogens with one attached hydrogen (secondary N) is 1. The number of aryl methyl sites for hydroxylation is 1. The van der Waals surface area contributed by atoms with Crippen LogP contribution in [0.15, 0.2) is 42.5 Å². The monoisotopic (exact) mass is 448 g/mol. The second-order valence-electron chi connectivity index (χ2n) is 8.92. The summed E-state index contributed by atoms with van der Waals surface area (Å²) >= 11 is 0. The maximum absolute atomic E-state index is 13.3. The number of methoxy groups -OCH3 is 2. The van der Waals surface area contributed by atoms with Gasteiger partial charge in [0, 0.05) is 50.1 Å². The standard InChI is InChI=1S/C24H28N6O3/c1-16-25-21(28-27-16)19-12-29(11-17-7-5-4-6-8-17)13-24(19)14-30(15-24)23(31)18-9-10-20(32-2)26-22(18)33-3/h4-10,19H,11-15H2,1-3H3,(H,25,27,28). The first-order valence-electron chi connectivity index (χ1n) is 11.0. The summed E-state index contributed by atoms with van der Waals surface area (Å²) in [6.45, 7) is 5.82. The first-order chi connectivity index (χ1) is 16.0. The number of likely N-dealkylation sites (tertiary alicyclic amines) is 2. The topological polar surface area (TPSA) is 96.5 Å². The van der Waals surface area contributed by atoms with Gasteiger partial charge >= 0.3 is 0 Å². The molecular formula is C24H28N6O3. The molecule has 0 aliphatic carbocycles. The zero-order chi connectivity index (χ0) is 23.0. The van der Waals surface area contributed by atoms with Gasteiger partial charge in [-0.3, -0.25) is 14.8 Å². The molecule has 1 spiro atoms. The molecule has 33 heavy (non-hydrogen) atoms. The maximum Gasteiger partial charge on any atom is 0.259 e. The highest BCUT2D eigenvalue weighted by Crippen LogP contribution is 2.49. The number of amides is 1. The van der Waals surface area contributed by atoms with E-state index in [0.29, 0.717) is 24.5 Å². The summed E-state index contributed by atoms with van der Waals surface area (Å²) in [6, 6.07) is 13.9. The molecule has 5 rings (SSSR count). The summed E-state index contributed by atoms with van der Waals surface area (Å²) in [5.74, 6) is 2.40. The van der Waals surface area contributed by atoms with Crippen molar-refractivity contribution in [3.05, 3.63) is 65.2 Å². The van der Waals surface area contributed by atoms with Gasteiger partial charge in [-0.05, 0) is 18.6 Å². The van der Waals surface area contributed by atoms with Crippen molar-refractivity contribution >= 4 is 5.91 Å². The van der Waals surface area contributed by atoms with Crippen LogP contribution in [0.5, 0.6) is 11.8 Å². The third-order valence-electron chi connectivity index (χ3n) is 6.66. The number of nitrogens with zero attached hydrogens (tertiary/aromatic N) is 5. The van der Waals surface area contributed by atoms with Gasteiger partial charge in [-0.15, -0.1) is 0 Å². The van der Waals surface area contributed by atoms with Gasteiger partial charge in [0.1, 0.15) is 11.4 Å². The lowest BCUT2D eigenvalue weighted by atomic mass is 9.71. The van der Waals surface area contributed by atoms with Crippen LogP contribution >= 0.6 is 0 Å². The molecule has 172 valence electrons. The van der Waals surface area contributed by atoms with Gasteiger partial charge in [0.25, 0.3) is 5.91 Å². The highest BCUT2D eigenvalue weighted by molar-refractivity contribution is 5.97. The quantitative estimate of drug-likeness (QED) is 0.618. The molecule has 1 N–H and O–H groups in total. The van der Waals surface area contributed by atoms with Crippen LogP contribution < -0.4 is 9.47 Å². The largest absolute Gasteiger partial charge is 0.481 e. The smallest absolute Gasteiger partial charge is 0.259 e. The molecule has 4 heterocycles. The van der Waals surface area contributed by atoms with Crippen molar-refractivity contribution in [2.24, 2.45) is 5.41 Å². The number of aromatic nitrogens is 4. The molecule has 0 radical (unpaired) electrons. The van der Waals surface area contributed by atoms with Crippen molar-refractivity contribution in [1.29, 1.82) is 0 Å². The van der Waals surface area contributed by atoms with Gasteiger partial charge in [0.15, 0.2) is 5.82 Å². The Kier molecular flexibility index (Phi) is 5.49. The van der Waals surface area contributed by atoms with Gasteiger partial charge in [-0.25, -0.2) is 4.98 Å². The lowest BCUT2D eigenvalue weighted by Gasteiger charge is -2.50. The fourth-order valence-corrected chi connectivity index (χ4v) is 5.11. The normalized spacial score (nSPS) is 19.5. The number of rotatable bonds is 6. The number of ether oxygens (including phenoxy) is 2. The minimum atomic E-state index is -0.0842. The number of benzene rings is 1. The van der Waals surface area contributed by atoms with Crippen LogP contribution in [0, 0.1) is 12.3 Å². The van der Waals surface area contributed by atoms with Crippen LogP contribution in [0.3, 0.4) is 0 Å². The third kappa shape index (κ3) is 3.93. The number of pyridine rings is 1. The first-order valence-corrected chi connectivity index (χ1v) is 11.0. The zero-order valence-electron chi connectivity index (χ0n) is 19.1. The molecule has 1 atom stereocenters. The van der Waals surface area contributed by atoms with Crippen molar-refractivity contribution in [1.82, 2.24) is 30.0 Å². The SMILES string of the molecule is COc1ccc(C(=O)N2CC3(CN(Cc4ccccc4)CC3c3n[nH]c(C)n3)C2)c(OC)n1. The van der Waals surface area contributed by atoms with Gasteiger partial charge in [-0.2, -0.15) is 10.1 Å². The molecule has 1 amide bonds. The Labute approximate surface area is 192 Å². The van der Waals surface area contributed by atoms with E-state index in [1.807, 2.05) is 17.9 Å². The Balaban J connectivity index is 1.36. The first kappa shape index (κ1) is 21.4. The molecule has 1 unspecified atom stereocenters. The summed E-state index contributed by atoms with van der Waals surface area (Å²) in [4.78, 5) is 26.5. The summed E-state index contributed by atoms with van der Waals surface area (Å²) in [6.07, 6.45) is 0. The number of H-pyrrole nitrogens is 1. The second-order valence-corrected chi connectivity index (χ2v) is 8.92. The average Bonchev–Trinajstić information content (AvgIpc) is 3.41. The number of carbonyl (C=O) groups excluding carboxylic acids is 1. The molecule has 2 aliphatic heterocycles. The van der Waals surface area contributed by atoms with E-state index < -0.39 is 0 Å². The maximum atomic E-state index is 13.3. The summed E-state index contributed by atoms with van der Waals surface area (Å²) in [5, 5.41) is 7.47. The summed E-state index contributed by atoms with van der Waals surface area (Å²) < 4.78 is 10.5. The van der Waals surface area contributed by atoms with Crippen molar-refractivity contribution in [2.45, 2.75) is 19.4 Å². The Hall–Kier alpha value is -3.46. The van der Waals surface area contributed by atoms with E-state index in [0.717, 1.165) is 31.3 Å². The molecule has 2 fully saturated rings. The molecule has 3 aromatic rings. The number of hydrogen-bond acceptors (Lipinski definition) is 7. The van der Waals surface area contributed by atoms with Crippen molar-refractivity contribution in [2.75, 3.05) is 40.4 Å². The molecule has 2 aromatic heterocycles. The molecular weight excluding hydrogens is 420 g/mol. The Morgan fingerprint density at radius 3 is 2.55 bits per heavy atom. The Morgan fingerprint density at radius 2 is 1.88 bits per heavy atom. The van der Waals surface area contributed by atoms with Crippen LogP contribution in [-0.2, 0) is 6.54 Å². The van der Waals surface area contributed by atoms with E-state index in [9.17, 15) is 4.79 Å². The van der Waals surface area contributed by atoms with Crippen molar-refractivity contribution < 1.29 is 14.3 Å². The summed E-state index contributed by atoms with van der Waals surface area (Å²) in [7, 11) is 3.05. The molecule has 9 heteroatoms. The molecule has 9 nitrogen and oxygen atoms in total. The minimum absolute atomic E-state index is 0.0772. The van der Waals surface area contributed by atoms with Gasteiger partial charge < -0.3 is 14.4 Å². The molecule has 2 aliphatic rings. The highest BCUT2D eigenvalue weighted by atomic mass is 16.5. The van der Waals surface area contributed by atoms with Crippen LogP contribution in [0.2, 0.25) is 0 Å². The van der Waals surface area contributed by atoms with Gasteiger partial charge in [0.05, 0.1) is 14.2 Å². The molecule has 2 saturated heterocycles. The van der Waals surface area contributed by atoms with E-state index in [-0.39, 0.29) is 23.1 Å². The second kappa shape index (κ2) is 8.47.